The standard InChI is InChI=1S/C18H30O4/c1-15(2,19)11-9-10-12(16(3,4)20)14(18(7,8)22)13(11)17(5,6)21/h9-10,19-22H,1-8H3. The van der Waals surface area contributed by atoms with Crippen LogP contribution in [-0.4, -0.2) is 20.4 Å². The van der Waals surface area contributed by atoms with Crippen LogP contribution in [0.15, 0.2) is 12.1 Å². The van der Waals surface area contributed by atoms with Gasteiger partial charge < -0.3 is 20.4 Å². The summed E-state index contributed by atoms with van der Waals surface area (Å²) >= 11 is 0. The van der Waals surface area contributed by atoms with E-state index >= 15 is 0 Å². The summed E-state index contributed by atoms with van der Waals surface area (Å²) in [6, 6.07) is 3.41. The summed E-state index contributed by atoms with van der Waals surface area (Å²) in [5.74, 6) is 0. The third-order valence-electron chi connectivity index (χ3n) is 3.75. The largest absolute Gasteiger partial charge is 0.386 e. The molecule has 1 rings (SSSR count). The molecule has 0 radical (unpaired) electrons. The predicted octanol–water partition coefficient (Wildman–Crippen LogP) is 2.60. The van der Waals surface area contributed by atoms with Crippen molar-refractivity contribution in [2.75, 3.05) is 0 Å². The number of hydrogen-bond donors (Lipinski definition) is 4. The molecule has 0 fully saturated rings. The molecule has 0 saturated heterocycles. The molecule has 0 aromatic heterocycles. The Morgan fingerprint density at radius 1 is 0.500 bits per heavy atom. The molecule has 126 valence electrons. The lowest BCUT2D eigenvalue weighted by Crippen LogP contribution is -2.35. The first-order valence-electron chi connectivity index (χ1n) is 7.56. The molecular formula is C18H30O4. The van der Waals surface area contributed by atoms with E-state index < -0.39 is 22.4 Å². The van der Waals surface area contributed by atoms with Gasteiger partial charge >= 0.3 is 0 Å². The first kappa shape index (κ1) is 19.1. The minimum Gasteiger partial charge on any atom is -0.386 e. The molecule has 0 bridgehead atoms. The molecular weight excluding hydrogens is 280 g/mol. The van der Waals surface area contributed by atoms with Gasteiger partial charge in [-0.3, -0.25) is 0 Å². The molecule has 0 aliphatic heterocycles. The average molecular weight is 310 g/mol. The lowest BCUT2D eigenvalue weighted by molar-refractivity contribution is 0.0294. The van der Waals surface area contributed by atoms with E-state index in [-0.39, 0.29) is 0 Å². The van der Waals surface area contributed by atoms with E-state index in [0.717, 1.165) is 0 Å². The molecule has 0 heterocycles. The Hall–Kier alpha value is -0.940. The van der Waals surface area contributed by atoms with Gasteiger partial charge in [0.25, 0.3) is 0 Å². The van der Waals surface area contributed by atoms with Crippen LogP contribution < -0.4 is 0 Å². The monoisotopic (exact) mass is 310 g/mol. The topological polar surface area (TPSA) is 80.9 Å². The molecule has 1 aromatic rings. The van der Waals surface area contributed by atoms with Crippen LogP contribution in [0.1, 0.15) is 77.6 Å². The van der Waals surface area contributed by atoms with Crippen molar-refractivity contribution in [2.24, 2.45) is 0 Å². The summed E-state index contributed by atoms with van der Waals surface area (Å²) in [5.41, 5.74) is -2.98. The van der Waals surface area contributed by atoms with Gasteiger partial charge in [-0.25, -0.2) is 0 Å². The van der Waals surface area contributed by atoms with Crippen molar-refractivity contribution < 1.29 is 20.4 Å². The summed E-state index contributed by atoms with van der Waals surface area (Å²) < 4.78 is 0. The van der Waals surface area contributed by atoms with Crippen LogP contribution in [0.3, 0.4) is 0 Å². The molecule has 0 unspecified atom stereocenters. The third-order valence-corrected chi connectivity index (χ3v) is 3.75. The van der Waals surface area contributed by atoms with Crippen LogP contribution in [-0.2, 0) is 22.4 Å². The van der Waals surface area contributed by atoms with E-state index in [2.05, 4.69) is 0 Å². The number of aliphatic hydroxyl groups is 4. The lowest BCUT2D eigenvalue weighted by Gasteiger charge is -2.38. The van der Waals surface area contributed by atoms with Crippen LogP contribution in [0.25, 0.3) is 0 Å². The van der Waals surface area contributed by atoms with Crippen molar-refractivity contribution in [3.8, 4) is 0 Å². The highest BCUT2D eigenvalue weighted by Crippen LogP contribution is 2.42. The Morgan fingerprint density at radius 3 is 0.864 bits per heavy atom. The van der Waals surface area contributed by atoms with Gasteiger partial charge in [0.15, 0.2) is 0 Å². The quantitative estimate of drug-likeness (QED) is 0.689. The first-order valence-corrected chi connectivity index (χ1v) is 7.56. The zero-order valence-electron chi connectivity index (χ0n) is 14.9. The van der Waals surface area contributed by atoms with Crippen molar-refractivity contribution in [2.45, 2.75) is 77.8 Å². The molecule has 0 spiro atoms. The molecule has 0 aliphatic rings. The fourth-order valence-electron chi connectivity index (χ4n) is 2.89. The van der Waals surface area contributed by atoms with Crippen LogP contribution in [0, 0.1) is 0 Å². The SMILES string of the molecule is CC(C)(O)c1ccc(C(C)(C)O)c(C(C)(C)O)c1C(C)(C)O. The maximum Gasteiger partial charge on any atom is 0.0848 e. The zero-order valence-corrected chi connectivity index (χ0v) is 14.9. The smallest absolute Gasteiger partial charge is 0.0848 e. The Kier molecular flexibility index (Phi) is 4.61. The van der Waals surface area contributed by atoms with Gasteiger partial charge in [0.2, 0.25) is 0 Å². The highest BCUT2D eigenvalue weighted by Gasteiger charge is 2.38. The molecule has 0 saturated carbocycles. The fourth-order valence-corrected chi connectivity index (χ4v) is 2.89. The van der Waals surface area contributed by atoms with Crippen molar-refractivity contribution >= 4 is 0 Å². The second-order valence-electron chi connectivity index (χ2n) is 8.15. The van der Waals surface area contributed by atoms with Gasteiger partial charge in [0, 0.05) is 0 Å². The van der Waals surface area contributed by atoms with Gasteiger partial charge in [0.1, 0.15) is 0 Å². The molecule has 4 N–H and O–H groups in total. The van der Waals surface area contributed by atoms with E-state index in [9.17, 15) is 20.4 Å². The van der Waals surface area contributed by atoms with E-state index in [4.69, 9.17) is 0 Å². The fraction of sp³-hybridized carbons (Fsp3) is 0.667. The second-order valence-corrected chi connectivity index (χ2v) is 8.15. The van der Waals surface area contributed by atoms with E-state index in [1.54, 1.807) is 67.5 Å². The van der Waals surface area contributed by atoms with Gasteiger partial charge in [-0.2, -0.15) is 0 Å². The summed E-state index contributed by atoms with van der Waals surface area (Å²) in [5, 5.41) is 42.3. The summed E-state index contributed by atoms with van der Waals surface area (Å²) in [6.45, 7) is 13.0. The highest BCUT2D eigenvalue weighted by atomic mass is 16.3. The van der Waals surface area contributed by atoms with Crippen LogP contribution in [0.4, 0.5) is 0 Å². The zero-order chi connectivity index (χ0) is 17.7. The Morgan fingerprint density at radius 2 is 0.727 bits per heavy atom. The normalized spacial score (nSPS) is 14.4. The summed E-state index contributed by atoms with van der Waals surface area (Å²) in [6.07, 6.45) is 0. The van der Waals surface area contributed by atoms with Gasteiger partial charge in [-0.05, 0) is 77.6 Å². The maximum atomic E-state index is 10.7. The minimum atomic E-state index is -1.29. The Balaban J connectivity index is 4.02. The first-order chi connectivity index (χ1) is 9.47. The van der Waals surface area contributed by atoms with Gasteiger partial charge in [-0.1, -0.05) is 12.1 Å². The Labute approximate surface area is 133 Å². The summed E-state index contributed by atoms with van der Waals surface area (Å²) in [7, 11) is 0. The van der Waals surface area contributed by atoms with Crippen molar-refractivity contribution in [3.63, 3.8) is 0 Å². The molecule has 0 atom stereocenters. The Bertz CT molecular complexity index is 496. The third kappa shape index (κ3) is 3.87. The number of benzene rings is 1. The molecule has 0 aliphatic carbocycles. The molecule has 22 heavy (non-hydrogen) atoms. The summed E-state index contributed by atoms with van der Waals surface area (Å²) in [4.78, 5) is 0. The van der Waals surface area contributed by atoms with Crippen molar-refractivity contribution in [1.82, 2.24) is 0 Å². The highest BCUT2D eigenvalue weighted by molar-refractivity contribution is 5.50. The number of hydrogen-bond acceptors (Lipinski definition) is 4. The van der Waals surface area contributed by atoms with Crippen LogP contribution in [0.2, 0.25) is 0 Å². The van der Waals surface area contributed by atoms with Crippen molar-refractivity contribution in [1.29, 1.82) is 0 Å². The van der Waals surface area contributed by atoms with E-state index in [1.807, 2.05) is 0 Å². The molecule has 0 amide bonds. The van der Waals surface area contributed by atoms with Crippen LogP contribution >= 0.6 is 0 Å². The number of rotatable bonds is 4. The molecule has 4 nitrogen and oxygen atoms in total. The van der Waals surface area contributed by atoms with Gasteiger partial charge in [-0.15, -0.1) is 0 Å². The van der Waals surface area contributed by atoms with Crippen LogP contribution in [0.5, 0.6) is 0 Å². The molecule has 1 aromatic carbocycles. The van der Waals surface area contributed by atoms with E-state index in [0.29, 0.717) is 22.3 Å². The maximum absolute atomic E-state index is 10.7. The average Bonchev–Trinajstić information content (AvgIpc) is 2.22. The lowest BCUT2D eigenvalue weighted by atomic mass is 9.73. The predicted molar refractivity (Wildman–Crippen MR) is 87.4 cm³/mol. The second kappa shape index (κ2) is 5.31. The van der Waals surface area contributed by atoms with E-state index in [1.165, 1.54) is 0 Å². The minimum absolute atomic E-state index is 0.451. The van der Waals surface area contributed by atoms with Crippen molar-refractivity contribution in [3.05, 3.63) is 34.4 Å². The van der Waals surface area contributed by atoms with Gasteiger partial charge in [0.05, 0.1) is 22.4 Å². The molecule has 4 heteroatoms.